The van der Waals surface area contributed by atoms with Crippen LogP contribution in [0.5, 0.6) is 0 Å². The lowest BCUT2D eigenvalue weighted by molar-refractivity contribution is 1.17. The highest BCUT2D eigenvalue weighted by molar-refractivity contribution is 9.12. The van der Waals surface area contributed by atoms with Crippen LogP contribution in [0.25, 0.3) is 0 Å². The predicted molar refractivity (Wildman–Crippen MR) is 44.5 cm³/mol. The summed E-state index contributed by atoms with van der Waals surface area (Å²) in [5.41, 5.74) is 0. The smallest absolute Gasteiger partial charge is 0.0911 e. The SMILES string of the molecule is C#CC(Br)C(Br)C=C. The second-order valence-electron chi connectivity index (χ2n) is 1.25. The molecule has 2 unspecified atom stereocenters. The van der Waals surface area contributed by atoms with Gasteiger partial charge in [-0.05, 0) is 0 Å². The molecule has 0 saturated heterocycles. The van der Waals surface area contributed by atoms with E-state index in [1.807, 2.05) is 0 Å². The van der Waals surface area contributed by atoms with E-state index >= 15 is 0 Å². The minimum atomic E-state index is 0.0556. The van der Waals surface area contributed by atoms with E-state index in [1.165, 1.54) is 0 Å². The maximum absolute atomic E-state index is 5.07. The molecule has 0 aromatic carbocycles. The average molecular weight is 238 g/mol. The van der Waals surface area contributed by atoms with Crippen molar-refractivity contribution in [1.82, 2.24) is 0 Å². The van der Waals surface area contributed by atoms with Gasteiger partial charge in [-0.1, -0.05) is 43.9 Å². The molecule has 0 aliphatic heterocycles. The van der Waals surface area contributed by atoms with Gasteiger partial charge in [0.05, 0.1) is 9.65 Å². The summed E-state index contributed by atoms with van der Waals surface area (Å²) in [7, 11) is 0. The first kappa shape index (κ1) is 8.26. The van der Waals surface area contributed by atoms with Gasteiger partial charge >= 0.3 is 0 Å². The van der Waals surface area contributed by atoms with Gasteiger partial charge in [-0.25, -0.2) is 0 Å². The first-order valence-corrected chi connectivity index (χ1v) is 3.92. The van der Waals surface area contributed by atoms with Crippen molar-refractivity contribution in [2.45, 2.75) is 9.65 Å². The van der Waals surface area contributed by atoms with Gasteiger partial charge < -0.3 is 0 Å². The summed E-state index contributed by atoms with van der Waals surface area (Å²) in [6, 6.07) is 0. The van der Waals surface area contributed by atoms with E-state index in [4.69, 9.17) is 6.42 Å². The molecule has 0 nitrogen and oxygen atoms in total. The van der Waals surface area contributed by atoms with Gasteiger partial charge in [0, 0.05) is 0 Å². The maximum Gasteiger partial charge on any atom is 0.0911 e. The van der Waals surface area contributed by atoms with Crippen LogP contribution in [0.15, 0.2) is 12.7 Å². The molecule has 2 atom stereocenters. The summed E-state index contributed by atoms with van der Waals surface area (Å²) in [4.78, 5) is 0.229. The molecule has 8 heavy (non-hydrogen) atoms. The van der Waals surface area contributed by atoms with E-state index in [9.17, 15) is 0 Å². The minimum absolute atomic E-state index is 0.0556. The molecule has 0 fully saturated rings. The number of alkyl halides is 2. The lowest BCUT2D eigenvalue weighted by Crippen LogP contribution is -2.06. The van der Waals surface area contributed by atoms with Crippen molar-refractivity contribution in [3.8, 4) is 12.3 Å². The summed E-state index contributed by atoms with van der Waals surface area (Å²) in [5.74, 6) is 2.51. The highest BCUT2D eigenvalue weighted by Gasteiger charge is 2.06. The zero-order valence-electron chi connectivity index (χ0n) is 4.27. The summed E-state index contributed by atoms with van der Waals surface area (Å²) >= 11 is 6.54. The predicted octanol–water partition coefficient (Wildman–Crippen LogP) is 2.33. The van der Waals surface area contributed by atoms with Gasteiger partial charge in [0.25, 0.3) is 0 Å². The Balaban J connectivity index is 3.66. The molecule has 0 aromatic heterocycles. The molecule has 0 bridgehead atoms. The van der Waals surface area contributed by atoms with Crippen molar-refractivity contribution < 1.29 is 0 Å². The molecule has 0 aliphatic carbocycles. The lowest BCUT2D eigenvalue weighted by Gasteiger charge is -2.02. The van der Waals surface area contributed by atoms with Gasteiger partial charge in [-0.2, -0.15) is 0 Å². The van der Waals surface area contributed by atoms with E-state index < -0.39 is 0 Å². The van der Waals surface area contributed by atoms with Crippen LogP contribution in [-0.2, 0) is 0 Å². The molecule has 2 heteroatoms. The van der Waals surface area contributed by atoms with Gasteiger partial charge in [-0.15, -0.1) is 13.0 Å². The van der Waals surface area contributed by atoms with Crippen molar-refractivity contribution in [2.75, 3.05) is 0 Å². The fourth-order valence-corrected chi connectivity index (χ4v) is 0.580. The van der Waals surface area contributed by atoms with Crippen LogP contribution in [-0.4, -0.2) is 9.65 Å². The van der Waals surface area contributed by atoms with Crippen molar-refractivity contribution in [1.29, 1.82) is 0 Å². The normalized spacial score (nSPS) is 16.1. The zero-order chi connectivity index (χ0) is 6.57. The number of rotatable bonds is 2. The highest BCUT2D eigenvalue weighted by Crippen LogP contribution is 2.13. The summed E-state index contributed by atoms with van der Waals surface area (Å²) in [5, 5.41) is 0. The average Bonchev–Trinajstić information content (AvgIpc) is 1.84. The van der Waals surface area contributed by atoms with Crippen LogP contribution in [0.4, 0.5) is 0 Å². The van der Waals surface area contributed by atoms with E-state index in [-0.39, 0.29) is 9.65 Å². The molecule has 0 aliphatic rings. The van der Waals surface area contributed by atoms with E-state index in [1.54, 1.807) is 6.08 Å². The molecule has 0 rings (SSSR count). The molecule has 0 amide bonds. The molecule has 0 spiro atoms. The lowest BCUT2D eigenvalue weighted by atomic mass is 10.3. The van der Waals surface area contributed by atoms with Crippen LogP contribution in [0.1, 0.15) is 0 Å². The van der Waals surface area contributed by atoms with Crippen LogP contribution in [0.3, 0.4) is 0 Å². The van der Waals surface area contributed by atoms with Crippen LogP contribution in [0.2, 0.25) is 0 Å². The van der Waals surface area contributed by atoms with Crippen molar-refractivity contribution in [3.63, 3.8) is 0 Å². The third-order valence-corrected chi connectivity index (χ3v) is 3.11. The Bertz CT molecular complexity index is 112. The molecule has 0 saturated carbocycles. The van der Waals surface area contributed by atoms with Gasteiger partial charge in [0.2, 0.25) is 0 Å². The molecule has 0 heterocycles. The third kappa shape index (κ3) is 2.54. The molecule has 0 aromatic rings. The van der Waals surface area contributed by atoms with Crippen molar-refractivity contribution >= 4 is 31.9 Å². The first-order chi connectivity index (χ1) is 3.72. The summed E-state index contributed by atoms with van der Waals surface area (Å²) < 4.78 is 0. The number of allylic oxidation sites excluding steroid dienone is 1. The molecular weight excluding hydrogens is 232 g/mol. The molecule has 0 N–H and O–H groups in total. The third-order valence-electron chi connectivity index (χ3n) is 0.664. The molecule has 0 radical (unpaired) electrons. The molecule has 44 valence electrons. The van der Waals surface area contributed by atoms with Gasteiger partial charge in [-0.3, -0.25) is 0 Å². The van der Waals surface area contributed by atoms with Crippen LogP contribution in [0, 0.1) is 12.3 Å². The maximum atomic E-state index is 5.07. The van der Waals surface area contributed by atoms with Crippen LogP contribution >= 0.6 is 31.9 Å². The number of hydrogen-bond donors (Lipinski definition) is 0. The minimum Gasteiger partial charge on any atom is -0.119 e. The first-order valence-electron chi connectivity index (χ1n) is 2.09. The van der Waals surface area contributed by atoms with E-state index in [0.29, 0.717) is 0 Å². The quantitative estimate of drug-likeness (QED) is 0.393. The second-order valence-corrected chi connectivity index (χ2v) is 3.29. The highest BCUT2D eigenvalue weighted by atomic mass is 79.9. The van der Waals surface area contributed by atoms with E-state index in [0.717, 1.165) is 0 Å². The Morgan fingerprint density at radius 2 is 2.12 bits per heavy atom. The fraction of sp³-hybridized carbons (Fsp3) is 0.333. The van der Waals surface area contributed by atoms with E-state index in [2.05, 4.69) is 44.4 Å². The Kier molecular flexibility index (Phi) is 4.31. The Morgan fingerprint density at radius 1 is 1.62 bits per heavy atom. The van der Waals surface area contributed by atoms with Gasteiger partial charge in [0.1, 0.15) is 0 Å². The standard InChI is InChI=1S/C6H6Br2/c1-3-5(7)6(8)4-2/h1,4-6H,2H2. The van der Waals surface area contributed by atoms with Crippen molar-refractivity contribution in [3.05, 3.63) is 12.7 Å². The largest absolute Gasteiger partial charge is 0.119 e. The Labute approximate surface area is 66.6 Å². The second kappa shape index (κ2) is 4.17. The molecular formula is C6H6Br2. The Morgan fingerprint density at radius 3 is 2.25 bits per heavy atom. The number of halogens is 2. The zero-order valence-corrected chi connectivity index (χ0v) is 7.44. The topological polar surface area (TPSA) is 0 Å². The number of terminal acetylenes is 1. The number of hydrogen-bond acceptors (Lipinski definition) is 0. The Hall–Kier alpha value is 0.260. The monoisotopic (exact) mass is 236 g/mol. The van der Waals surface area contributed by atoms with Gasteiger partial charge in [0.15, 0.2) is 0 Å². The van der Waals surface area contributed by atoms with Crippen molar-refractivity contribution in [2.24, 2.45) is 0 Å². The van der Waals surface area contributed by atoms with Crippen LogP contribution < -0.4 is 0 Å². The fourth-order valence-electron chi connectivity index (χ4n) is 0.211. The summed E-state index contributed by atoms with van der Waals surface area (Å²) in [6.45, 7) is 3.56. The summed E-state index contributed by atoms with van der Waals surface area (Å²) in [6.07, 6.45) is 6.82.